The van der Waals surface area contributed by atoms with E-state index in [4.69, 9.17) is 9.26 Å². The maximum atomic E-state index is 5.39. The Morgan fingerprint density at radius 2 is 2.10 bits per heavy atom. The Morgan fingerprint density at radius 3 is 2.76 bits per heavy atom. The molecular formula is C14H27N5O2. The molecule has 2 rings (SSSR count). The number of nitrogens with one attached hydrogen (secondary N) is 1. The van der Waals surface area contributed by atoms with Gasteiger partial charge in [-0.05, 0) is 25.2 Å². The Kier molecular flexibility index (Phi) is 6.41. The molecule has 0 bridgehead atoms. The first-order valence-electron chi connectivity index (χ1n) is 7.71. The zero-order valence-electron chi connectivity index (χ0n) is 13.3. The highest BCUT2D eigenvalue weighted by atomic mass is 16.5. The lowest BCUT2D eigenvalue weighted by atomic mass is 10.2. The lowest BCUT2D eigenvalue weighted by Crippen LogP contribution is -2.45. The van der Waals surface area contributed by atoms with Crippen LogP contribution in [-0.2, 0) is 11.2 Å². The highest BCUT2D eigenvalue weighted by molar-refractivity contribution is 5.28. The fraction of sp³-hybridized carbons (Fsp3) is 0.857. The van der Waals surface area contributed by atoms with Gasteiger partial charge < -0.3 is 24.4 Å². The fourth-order valence-electron chi connectivity index (χ4n) is 2.41. The van der Waals surface area contributed by atoms with Crippen molar-refractivity contribution in [3.63, 3.8) is 0 Å². The highest BCUT2D eigenvalue weighted by Gasteiger charge is 2.20. The largest absolute Gasteiger partial charge is 0.383 e. The van der Waals surface area contributed by atoms with Gasteiger partial charge in [0, 0.05) is 45.8 Å². The molecule has 1 aromatic rings. The third-order valence-electron chi connectivity index (χ3n) is 3.72. The highest BCUT2D eigenvalue weighted by Crippen LogP contribution is 2.13. The lowest BCUT2D eigenvalue weighted by molar-refractivity contribution is 0.161. The molecule has 1 aromatic heterocycles. The molecule has 1 aliphatic rings. The summed E-state index contributed by atoms with van der Waals surface area (Å²) in [4.78, 5) is 9.01. The van der Waals surface area contributed by atoms with E-state index in [0.29, 0.717) is 24.9 Å². The molecule has 1 N–H and O–H groups in total. The number of ether oxygens (including phenoxy) is 1. The Morgan fingerprint density at radius 1 is 1.33 bits per heavy atom. The zero-order valence-corrected chi connectivity index (χ0v) is 13.3. The van der Waals surface area contributed by atoms with Gasteiger partial charge in [-0.15, -0.1) is 0 Å². The summed E-state index contributed by atoms with van der Waals surface area (Å²) in [7, 11) is 3.85. The molecular weight excluding hydrogens is 270 g/mol. The first kappa shape index (κ1) is 16.2. The molecule has 1 unspecified atom stereocenters. The molecule has 0 spiro atoms. The van der Waals surface area contributed by atoms with Gasteiger partial charge in [-0.25, -0.2) is 0 Å². The van der Waals surface area contributed by atoms with Crippen molar-refractivity contribution < 1.29 is 9.26 Å². The predicted molar refractivity (Wildman–Crippen MR) is 81.7 cm³/mol. The smallest absolute Gasteiger partial charge is 0.266 e. The molecule has 1 fully saturated rings. The summed E-state index contributed by atoms with van der Waals surface area (Å²) in [5.74, 6) is 1.39. The monoisotopic (exact) mass is 297 g/mol. The molecule has 0 aliphatic carbocycles. The zero-order chi connectivity index (χ0) is 15.1. The van der Waals surface area contributed by atoms with Crippen LogP contribution < -0.4 is 10.2 Å². The van der Waals surface area contributed by atoms with E-state index in [1.807, 2.05) is 0 Å². The van der Waals surface area contributed by atoms with Crippen molar-refractivity contribution in [2.75, 3.05) is 58.4 Å². The summed E-state index contributed by atoms with van der Waals surface area (Å²) < 4.78 is 10.6. The maximum Gasteiger partial charge on any atom is 0.266 e. The minimum absolute atomic E-state index is 0.218. The van der Waals surface area contributed by atoms with E-state index in [-0.39, 0.29) is 6.04 Å². The van der Waals surface area contributed by atoms with Crippen LogP contribution in [0.1, 0.15) is 19.2 Å². The third-order valence-corrected chi connectivity index (χ3v) is 3.72. The number of aromatic nitrogens is 2. The molecule has 0 radical (unpaired) electrons. The molecule has 7 heteroatoms. The average Bonchev–Trinajstić information content (AvgIpc) is 2.94. The Bertz CT molecular complexity index is 404. The van der Waals surface area contributed by atoms with Gasteiger partial charge in [0.2, 0.25) is 5.89 Å². The van der Waals surface area contributed by atoms with Crippen LogP contribution in [0.4, 0.5) is 5.95 Å². The van der Waals surface area contributed by atoms with Crippen LogP contribution in [0.2, 0.25) is 0 Å². The Labute approximate surface area is 126 Å². The molecule has 21 heavy (non-hydrogen) atoms. The molecule has 1 atom stereocenters. The summed E-state index contributed by atoms with van der Waals surface area (Å²) in [5.41, 5.74) is 0. The molecule has 1 aliphatic heterocycles. The Hall–Kier alpha value is -1.18. The van der Waals surface area contributed by atoms with Crippen LogP contribution >= 0.6 is 0 Å². The van der Waals surface area contributed by atoms with Gasteiger partial charge >= 0.3 is 0 Å². The van der Waals surface area contributed by atoms with Crippen LogP contribution in [0.15, 0.2) is 4.52 Å². The molecule has 1 saturated heterocycles. The van der Waals surface area contributed by atoms with Gasteiger partial charge in [0.25, 0.3) is 5.95 Å². The number of piperazine rings is 1. The number of likely N-dealkylation sites (N-methyl/N-ethyl adjacent to an activating group) is 1. The summed E-state index contributed by atoms with van der Waals surface area (Å²) in [6.07, 6.45) is 1.80. The minimum Gasteiger partial charge on any atom is -0.383 e. The molecule has 7 nitrogen and oxygen atoms in total. The number of hydrogen-bond donors (Lipinski definition) is 1. The van der Waals surface area contributed by atoms with Gasteiger partial charge in [-0.1, -0.05) is 6.92 Å². The van der Waals surface area contributed by atoms with Crippen molar-refractivity contribution in [2.45, 2.75) is 25.8 Å². The van der Waals surface area contributed by atoms with Gasteiger partial charge in [0.1, 0.15) is 0 Å². The second-order valence-corrected chi connectivity index (χ2v) is 5.59. The minimum atomic E-state index is 0.218. The second kappa shape index (κ2) is 8.31. The van der Waals surface area contributed by atoms with Crippen molar-refractivity contribution in [1.29, 1.82) is 0 Å². The first-order valence-corrected chi connectivity index (χ1v) is 7.71. The van der Waals surface area contributed by atoms with Crippen molar-refractivity contribution >= 4 is 5.95 Å². The number of nitrogens with zero attached hydrogens (tertiary/aromatic N) is 4. The van der Waals surface area contributed by atoms with Gasteiger partial charge in [0.15, 0.2) is 0 Å². The predicted octanol–water partition coefficient (Wildman–Crippen LogP) is 0.379. The van der Waals surface area contributed by atoms with Crippen LogP contribution in [0.5, 0.6) is 0 Å². The standard InChI is InChI=1S/C14H27N5O2/c1-4-5-15-12(11-20-3)10-13-16-14(17-21-13)19-8-6-18(2)7-9-19/h12,15H,4-11H2,1-3H3. The summed E-state index contributed by atoms with van der Waals surface area (Å²) in [6.45, 7) is 7.73. The average molecular weight is 297 g/mol. The Balaban J connectivity index is 1.89. The van der Waals surface area contributed by atoms with Crippen LogP contribution in [0.25, 0.3) is 0 Å². The van der Waals surface area contributed by atoms with Crippen LogP contribution in [0, 0.1) is 0 Å². The van der Waals surface area contributed by atoms with Crippen molar-refractivity contribution in [1.82, 2.24) is 20.4 Å². The second-order valence-electron chi connectivity index (χ2n) is 5.59. The summed E-state index contributed by atoms with van der Waals surface area (Å²) in [5, 5.41) is 7.55. The van der Waals surface area contributed by atoms with Crippen molar-refractivity contribution in [3.05, 3.63) is 5.89 Å². The van der Waals surface area contributed by atoms with E-state index in [1.165, 1.54) is 0 Å². The van der Waals surface area contributed by atoms with E-state index in [0.717, 1.165) is 39.1 Å². The number of anilines is 1. The van der Waals surface area contributed by atoms with E-state index in [2.05, 4.69) is 39.2 Å². The van der Waals surface area contributed by atoms with Crippen LogP contribution in [0.3, 0.4) is 0 Å². The van der Waals surface area contributed by atoms with E-state index >= 15 is 0 Å². The van der Waals surface area contributed by atoms with Gasteiger partial charge in [0.05, 0.1) is 6.61 Å². The topological polar surface area (TPSA) is 66.7 Å². The van der Waals surface area contributed by atoms with Gasteiger partial charge in [-0.3, -0.25) is 0 Å². The molecule has 0 saturated carbocycles. The molecule has 0 amide bonds. The fourth-order valence-corrected chi connectivity index (χ4v) is 2.41. The van der Waals surface area contributed by atoms with E-state index in [1.54, 1.807) is 7.11 Å². The summed E-state index contributed by atoms with van der Waals surface area (Å²) >= 11 is 0. The SMILES string of the molecule is CCCNC(COC)Cc1nc(N2CCN(C)CC2)no1. The van der Waals surface area contributed by atoms with E-state index in [9.17, 15) is 0 Å². The van der Waals surface area contributed by atoms with Crippen molar-refractivity contribution in [3.8, 4) is 0 Å². The molecule has 120 valence electrons. The lowest BCUT2D eigenvalue weighted by Gasteiger charge is -2.31. The maximum absolute atomic E-state index is 5.39. The van der Waals surface area contributed by atoms with Gasteiger partial charge in [-0.2, -0.15) is 4.98 Å². The number of rotatable bonds is 8. The molecule has 0 aromatic carbocycles. The number of methoxy groups -OCH3 is 1. The first-order chi connectivity index (χ1) is 10.2. The van der Waals surface area contributed by atoms with E-state index < -0.39 is 0 Å². The summed E-state index contributed by atoms with van der Waals surface area (Å²) in [6, 6.07) is 0.218. The molecule has 2 heterocycles. The quantitative estimate of drug-likeness (QED) is 0.744. The van der Waals surface area contributed by atoms with Crippen molar-refractivity contribution in [2.24, 2.45) is 0 Å². The third kappa shape index (κ3) is 4.94. The number of hydrogen-bond acceptors (Lipinski definition) is 7. The normalized spacial score (nSPS) is 18.1. The van der Waals surface area contributed by atoms with Crippen LogP contribution in [-0.4, -0.2) is 74.6 Å².